The predicted molar refractivity (Wildman–Crippen MR) is 91.8 cm³/mol. The Morgan fingerprint density at radius 1 is 1.33 bits per heavy atom. The molecule has 0 spiro atoms. The quantitative estimate of drug-likeness (QED) is 0.926. The zero-order chi connectivity index (χ0) is 17.2. The van der Waals surface area contributed by atoms with E-state index < -0.39 is 0 Å². The number of hydrogen-bond acceptors (Lipinski definition) is 3. The van der Waals surface area contributed by atoms with Crippen LogP contribution in [0.3, 0.4) is 0 Å². The van der Waals surface area contributed by atoms with Crippen molar-refractivity contribution in [1.82, 2.24) is 10.2 Å². The Hall–Kier alpha value is -2.04. The van der Waals surface area contributed by atoms with Crippen molar-refractivity contribution in [2.75, 3.05) is 13.2 Å². The van der Waals surface area contributed by atoms with Crippen molar-refractivity contribution in [1.29, 1.82) is 0 Å². The lowest BCUT2D eigenvalue weighted by Gasteiger charge is -2.47. The van der Waals surface area contributed by atoms with Crippen LogP contribution in [0.15, 0.2) is 24.3 Å². The van der Waals surface area contributed by atoms with Crippen molar-refractivity contribution in [2.45, 2.75) is 57.5 Å². The van der Waals surface area contributed by atoms with Gasteiger partial charge in [0, 0.05) is 13.0 Å². The van der Waals surface area contributed by atoms with Crippen LogP contribution in [0.25, 0.3) is 0 Å². The van der Waals surface area contributed by atoms with Gasteiger partial charge in [-0.05, 0) is 51.7 Å². The average Bonchev–Trinajstić information content (AvgIpc) is 2.70. The van der Waals surface area contributed by atoms with Gasteiger partial charge in [-0.25, -0.2) is 0 Å². The van der Waals surface area contributed by atoms with Crippen LogP contribution < -0.4 is 10.1 Å². The largest absolute Gasteiger partial charge is 0.484 e. The van der Waals surface area contributed by atoms with Gasteiger partial charge >= 0.3 is 0 Å². The number of carbonyl (C=O) groups excluding carboxylic acids is 2. The monoisotopic (exact) mass is 330 g/mol. The van der Waals surface area contributed by atoms with Gasteiger partial charge in [0.1, 0.15) is 5.75 Å². The molecular formula is C19H26N2O3. The first-order valence-electron chi connectivity index (χ1n) is 8.78. The molecule has 0 radical (unpaired) electrons. The maximum absolute atomic E-state index is 12.7. The summed E-state index contributed by atoms with van der Waals surface area (Å²) in [4.78, 5) is 26.6. The zero-order valence-electron chi connectivity index (χ0n) is 14.5. The molecular weight excluding hydrogens is 304 g/mol. The van der Waals surface area contributed by atoms with Crippen molar-refractivity contribution in [3.05, 3.63) is 29.8 Å². The van der Waals surface area contributed by atoms with Gasteiger partial charge in [0.2, 0.25) is 5.91 Å². The molecule has 5 nitrogen and oxygen atoms in total. The van der Waals surface area contributed by atoms with Crippen molar-refractivity contribution < 1.29 is 14.3 Å². The molecule has 3 rings (SSSR count). The Morgan fingerprint density at radius 3 is 2.83 bits per heavy atom. The van der Waals surface area contributed by atoms with Crippen LogP contribution in [-0.2, 0) is 9.59 Å². The molecule has 0 bridgehead atoms. The lowest BCUT2D eigenvalue weighted by atomic mass is 9.81. The molecule has 2 aliphatic rings. The Balaban J connectivity index is 1.67. The molecule has 0 aromatic heterocycles. The maximum Gasteiger partial charge on any atom is 0.260 e. The highest BCUT2D eigenvalue weighted by Gasteiger charge is 2.44. The van der Waals surface area contributed by atoms with E-state index in [1.165, 1.54) is 0 Å². The zero-order valence-corrected chi connectivity index (χ0v) is 14.5. The first-order chi connectivity index (χ1) is 11.5. The third-order valence-corrected chi connectivity index (χ3v) is 5.22. The van der Waals surface area contributed by atoms with E-state index in [1.54, 1.807) is 0 Å². The summed E-state index contributed by atoms with van der Waals surface area (Å²) in [7, 11) is 0. The van der Waals surface area contributed by atoms with Crippen molar-refractivity contribution >= 4 is 11.8 Å². The van der Waals surface area contributed by atoms with Crippen LogP contribution in [0.5, 0.6) is 5.75 Å². The highest BCUT2D eigenvalue weighted by molar-refractivity contribution is 5.80. The molecule has 1 aromatic carbocycles. The van der Waals surface area contributed by atoms with Crippen LogP contribution >= 0.6 is 0 Å². The number of likely N-dealkylation sites (tertiary alicyclic amines) is 1. The Labute approximate surface area is 143 Å². The van der Waals surface area contributed by atoms with Crippen LogP contribution in [0.4, 0.5) is 0 Å². The number of piperidine rings is 1. The molecule has 2 saturated heterocycles. The van der Waals surface area contributed by atoms with Crippen LogP contribution in [0.1, 0.15) is 44.6 Å². The van der Waals surface area contributed by atoms with Gasteiger partial charge in [0.25, 0.3) is 5.91 Å². The Morgan fingerprint density at radius 2 is 2.08 bits per heavy atom. The highest BCUT2D eigenvalue weighted by Crippen LogP contribution is 2.33. The van der Waals surface area contributed by atoms with Crippen molar-refractivity contribution in [3.8, 4) is 5.75 Å². The summed E-state index contributed by atoms with van der Waals surface area (Å²) in [5.74, 6) is 0.816. The number of benzene rings is 1. The summed E-state index contributed by atoms with van der Waals surface area (Å²) < 4.78 is 5.66. The molecule has 2 heterocycles. The molecule has 5 heteroatoms. The summed E-state index contributed by atoms with van der Waals surface area (Å²) in [6.07, 6.45) is 4.07. The van der Waals surface area contributed by atoms with E-state index in [0.717, 1.165) is 37.8 Å². The predicted octanol–water partition coefficient (Wildman–Crippen LogP) is 2.42. The maximum atomic E-state index is 12.7. The fourth-order valence-corrected chi connectivity index (χ4v) is 3.90. The molecule has 130 valence electrons. The molecule has 1 N–H and O–H groups in total. The standard InChI is InChI=1S/C19H26N2O3/c1-14-7-9-15(10-8-14)24-13-18(23)21-12-4-11-19(2)16(21)5-3-6-17(22)20-19/h7-10,16H,3-6,11-13H2,1-2H3,(H,20,22)/t16-,19-/m0/s1. The summed E-state index contributed by atoms with van der Waals surface area (Å²) in [5, 5.41) is 3.15. The summed E-state index contributed by atoms with van der Waals surface area (Å²) >= 11 is 0. The third kappa shape index (κ3) is 3.55. The van der Waals surface area contributed by atoms with Crippen LogP contribution in [0.2, 0.25) is 0 Å². The number of nitrogens with zero attached hydrogens (tertiary/aromatic N) is 1. The van der Waals surface area contributed by atoms with Crippen molar-refractivity contribution in [3.63, 3.8) is 0 Å². The number of ether oxygens (including phenoxy) is 1. The highest BCUT2D eigenvalue weighted by atomic mass is 16.5. The van der Waals surface area contributed by atoms with E-state index in [-0.39, 0.29) is 30.0 Å². The molecule has 0 unspecified atom stereocenters. The number of amides is 2. The van der Waals surface area contributed by atoms with Gasteiger partial charge in [-0.15, -0.1) is 0 Å². The first kappa shape index (κ1) is 16.8. The molecule has 1 aromatic rings. The average molecular weight is 330 g/mol. The number of aryl methyl sites for hydroxylation is 1. The second kappa shape index (κ2) is 6.83. The second-order valence-corrected chi connectivity index (χ2v) is 7.17. The SMILES string of the molecule is Cc1ccc(OCC(=O)N2CCC[C@]3(C)NC(=O)CCC[C@H]23)cc1. The van der Waals surface area contributed by atoms with Gasteiger partial charge in [-0.2, -0.15) is 0 Å². The fraction of sp³-hybridized carbons (Fsp3) is 0.579. The summed E-state index contributed by atoms with van der Waals surface area (Å²) in [5.41, 5.74) is 0.848. The minimum absolute atomic E-state index is 0.00245. The summed E-state index contributed by atoms with van der Waals surface area (Å²) in [6, 6.07) is 7.77. The second-order valence-electron chi connectivity index (χ2n) is 7.17. The minimum atomic E-state index is -0.314. The lowest BCUT2D eigenvalue weighted by molar-refractivity contribution is -0.141. The Bertz CT molecular complexity index is 614. The molecule has 2 fully saturated rings. The van der Waals surface area contributed by atoms with Crippen molar-refractivity contribution in [2.24, 2.45) is 0 Å². The number of fused-ring (bicyclic) bond motifs is 1. The number of hydrogen-bond donors (Lipinski definition) is 1. The van der Waals surface area contributed by atoms with E-state index in [0.29, 0.717) is 12.2 Å². The van der Waals surface area contributed by atoms with Gasteiger partial charge < -0.3 is 15.0 Å². The molecule has 0 saturated carbocycles. The normalized spacial score (nSPS) is 27.0. The van der Waals surface area contributed by atoms with Crippen LogP contribution in [-0.4, -0.2) is 41.4 Å². The van der Waals surface area contributed by atoms with E-state index in [4.69, 9.17) is 4.74 Å². The smallest absolute Gasteiger partial charge is 0.260 e. The number of carbonyl (C=O) groups is 2. The fourth-order valence-electron chi connectivity index (χ4n) is 3.90. The lowest BCUT2D eigenvalue weighted by Crippen LogP contribution is -2.64. The van der Waals surface area contributed by atoms with Gasteiger partial charge in [0.05, 0.1) is 11.6 Å². The Kier molecular flexibility index (Phi) is 4.78. The van der Waals surface area contributed by atoms with E-state index in [9.17, 15) is 9.59 Å². The number of rotatable bonds is 3. The van der Waals surface area contributed by atoms with Gasteiger partial charge in [-0.3, -0.25) is 9.59 Å². The van der Waals surface area contributed by atoms with Gasteiger partial charge in [0.15, 0.2) is 6.61 Å². The third-order valence-electron chi connectivity index (χ3n) is 5.22. The van der Waals surface area contributed by atoms with E-state index >= 15 is 0 Å². The molecule has 0 aliphatic carbocycles. The topological polar surface area (TPSA) is 58.6 Å². The minimum Gasteiger partial charge on any atom is -0.484 e. The molecule has 2 atom stereocenters. The first-order valence-corrected chi connectivity index (χ1v) is 8.78. The van der Waals surface area contributed by atoms with Crippen LogP contribution in [0, 0.1) is 6.92 Å². The molecule has 2 aliphatic heterocycles. The number of nitrogens with one attached hydrogen (secondary N) is 1. The van der Waals surface area contributed by atoms with Gasteiger partial charge in [-0.1, -0.05) is 17.7 Å². The molecule has 24 heavy (non-hydrogen) atoms. The van der Waals surface area contributed by atoms with E-state index in [1.807, 2.05) is 36.1 Å². The summed E-state index contributed by atoms with van der Waals surface area (Å²) in [6.45, 7) is 4.88. The molecule has 2 amide bonds. The van der Waals surface area contributed by atoms with E-state index in [2.05, 4.69) is 12.2 Å².